The first-order valence-electron chi connectivity index (χ1n) is 9.41. The van der Waals surface area contributed by atoms with Crippen molar-refractivity contribution in [2.45, 2.75) is 39.2 Å². The number of hydrogen-bond acceptors (Lipinski definition) is 4. The minimum atomic E-state index is -2.76. The smallest absolute Gasteiger partial charge is 0.267 e. The summed E-state index contributed by atoms with van der Waals surface area (Å²) in [6.45, 7) is 5.93. The van der Waals surface area contributed by atoms with Crippen LogP contribution in [0.2, 0.25) is 0 Å². The molecule has 4 nitrogen and oxygen atoms in total. The predicted molar refractivity (Wildman–Crippen MR) is 107 cm³/mol. The molecule has 1 aromatic carbocycles. The van der Waals surface area contributed by atoms with Gasteiger partial charge < -0.3 is 10.5 Å². The van der Waals surface area contributed by atoms with E-state index >= 15 is 0 Å². The van der Waals surface area contributed by atoms with Crippen molar-refractivity contribution in [3.63, 3.8) is 0 Å². The molecular formula is C22H24F3N3O. The van der Waals surface area contributed by atoms with Gasteiger partial charge in [-0.05, 0) is 49.6 Å². The molecule has 0 aliphatic heterocycles. The van der Waals surface area contributed by atoms with E-state index in [2.05, 4.69) is 9.97 Å². The third-order valence-electron chi connectivity index (χ3n) is 4.55. The topological polar surface area (TPSA) is 61.0 Å². The van der Waals surface area contributed by atoms with Crippen LogP contribution in [0.1, 0.15) is 39.2 Å². The third kappa shape index (κ3) is 4.85. The van der Waals surface area contributed by atoms with Crippen molar-refractivity contribution in [2.75, 3.05) is 6.61 Å². The number of alkyl halides is 2. The predicted octanol–water partition coefficient (Wildman–Crippen LogP) is 5.52. The van der Waals surface area contributed by atoms with Crippen molar-refractivity contribution >= 4 is 10.9 Å². The SMILES string of the molecule is CC(C)C[C@](C)(N)COc1c(C(F)F)ccnc1-c1ccnc2ccc(F)cc12. The fourth-order valence-electron chi connectivity index (χ4n) is 3.53. The summed E-state index contributed by atoms with van der Waals surface area (Å²) in [5, 5.41) is 0.467. The Labute approximate surface area is 167 Å². The van der Waals surface area contributed by atoms with Crippen LogP contribution in [-0.4, -0.2) is 22.1 Å². The second-order valence-electron chi connectivity index (χ2n) is 7.94. The molecule has 2 N–H and O–H groups in total. The average molecular weight is 403 g/mol. The Balaban J connectivity index is 2.11. The fraction of sp³-hybridized carbons (Fsp3) is 0.364. The maximum Gasteiger partial charge on any atom is 0.267 e. The summed E-state index contributed by atoms with van der Waals surface area (Å²) in [5.74, 6) is -0.172. The molecule has 0 bridgehead atoms. The van der Waals surface area contributed by atoms with Crippen LogP contribution < -0.4 is 10.5 Å². The summed E-state index contributed by atoms with van der Waals surface area (Å²) < 4.78 is 47.1. The number of nitrogens with zero attached hydrogens (tertiary/aromatic N) is 2. The van der Waals surface area contributed by atoms with E-state index in [1.54, 1.807) is 6.07 Å². The minimum absolute atomic E-state index is 0.0420. The number of rotatable bonds is 7. The van der Waals surface area contributed by atoms with E-state index in [0.29, 0.717) is 28.8 Å². The molecule has 1 atom stereocenters. The Bertz CT molecular complexity index is 1010. The molecule has 0 radical (unpaired) electrons. The van der Waals surface area contributed by atoms with Gasteiger partial charge in [-0.1, -0.05) is 13.8 Å². The number of aromatic nitrogens is 2. The molecule has 0 saturated heterocycles. The van der Waals surface area contributed by atoms with E-state index in [0.717, 1.165) is 0 Å². The van der Waals surface area contributed by atoms with Crippen molar-refractivity contribution < 1.29 is 17.9 Å². The highest BCUT2D eigenvalue weighted by Crippen LogP contribution is 2.39. The summed E-state index contributed by atoms with van der Waals surface area (Å²) in [6.07, 6.45) is 0.730. The molecule has 3 rings (SSSR count). The summed E-state index contributed by atoms with van der Waals surface area (Å²) in [6, 6.07) is 6.98. The molecule has 2 heterocycles. The molecule has 0 amide bonds. The highest BCUT2D eigenvalue weighted by molar-refractivity contribution is 5.94. The van der Waals surface area contributed by atoms with E-state index in [-0.39, 0.29) is 23.6 Å². The van der Waals surface area contributed by atoms with Crippen molar-refractivity contribution in [1.82, 2.24) is 9.97 Å². The zero-order valence-corrected chi connectivity index (χ0v) is 16.6. The van der Waals surface area contributed by atoms with Crippen LogP contribution in [-0.2, 0) is 0 Å². The molecule has 2 aromatic heterocycles. The zero-order chi connectivity index (χ0) is 21.2. The summed E-state index contributed by atoms with van der Waals surface area (Å²) in [5.41, 5.74) is 6.52. The normalized spacial score (nSPS) is 13.8. The average Bonchev–Trinajstić information content (AvgIpc) is 2.64. The van der Waals surface area contributed by atoms with E-state index in [1.165, 1.54) is 36.7 Å². The van der Waals surface area contributed by atoms with Crippen LogP contribution >= 0.6 is 0 Å². The van der Waals surface area contributed by atoms with Crippen molar-refractivity contribution in [3.05, 3.63) is 54.1 Å². The molecule has 3 aromatic rings. The van der Waals surface area contributed by atoms with Gasteiger partial charge in [-0.25, -0.2) is 13.2 Å². The van der Waals surface area contributed by atoms with Crippen LogP contribution in [0.3, 0.4) is 0 Å². The Morgan fingerprint density at radius 3 is 2.52 bits per heavy atom. The number of pyridine rings is 2. The van der Waals surface area contributed by atoms with Crippen LogP contribution in [0.25, 0.3) is 22.2 Å². The van der Waals surface area contributed by atoms with Crippen LogP contribution in [0, 0.1) is 11.7 Å². The number of benzene rings is 1. The van der Waals surface area contributed by atoms with E-state index in [1.807, 2.05) is 20.8 Å². The van der Waals surface area contributed by atoms with Gasteiger partial charge in [0.1, 0.15) is 18.1 Å². The number of hydrogen-bond donors (Lipinski definition) is 1. The Morgan fingerprint density at radius 1 is 1.10 bits per heavy atom. The number of fused-ring (bicyclic) bond motifs is 1. The van der Waals surface area contributed by atoms with Crippen LogP contribution in [0.15, 0.2) is 42.7 Å². The van der Waals surface area contributed by atoms with Crippen molar-refractivity contribution in [3.8, 4) is 17.0 Å². The second kappa shape index (κ2) is 8.37. The minimum Gasteiger partial charge on any atom is -0.489 e. The molecule has 0 aliphatic carbocycles. The van der Waals surface area contributed by atoms with Gasteiger partial charge in [-0.2, -0.15) is 0 Å². The Hall–Kier alpha value is -2.67. The quantitative estimate of drug-likeness (QED) is 0.565. The first kappa shape index (κ1) is 21.0. The summed E-state index contributed by atoms with van der Waals surface area (Å²) in [7, 11) is 0. The van der Waals surface area contributed by atoms with E-state index in [9.17, 15) is 13.2 Å². The van der Waals surface area contributed by atoms with Crippen molar-refractivity contribution in [2.24, 2.45) is 11.7 Å². The van der Waals surface area contributed by atoms with Gasteiger partial charge in [0.05, 0.1) is 11.1 Å². The van der Waals surface area contributed by atoms with Gasteiger partial charge in [-0.15, -0.1) is 0 Å². The standard InChI is InChI=1S/C22H24F3N3O/c1-13(2)11-22(3,26)12-29-20-16(21(24)25)7-9-28-19(20)15-6-8-27-18-5-4-14(23)10-17(15)18/h4-10,13,21H,11-12,26H2,1-3H3/t22-/m0/s1. The zero-order valence-electron chi connectivity index (χ0n) is 16.6. The third-order valence-corrected chi connectivity index (χ3v) is 4.55. The molecule has 7 heteroatoms. The largest absolute Gasteiger partial charge is 0.489 e. The van der Waals surface area contributed by atoms with Crippen LogP contribution in [0.5, 0.6) is 5.75 Å². The lowest BCUT2D eigenvalue weighted by atomic mass is 9.93. The molecule has 0 saturated carbocycles. The molecular weight excluding hydrogens is 379 g/mol. The van der Waals surface area contributed by atoms with Gasteiger partial charge in [0.15, 0.2) is 5.75 Å². The fourth-order valence-corrected chi connectivity index (χ4v) is 3.53. The lowest BCUT2D eigenvalue weighted by Crippen LogP contribution is -2.43. The number of nitrogens with two attached hydrogens (primary N) is 1. The Kier molecular flexibility index (Phi) is 6.07. The molecule has 0 unspecified atom stereocenters. The van der Waals surface area contributed by atoms with Crippen molar-refractivity contribution in [1.29, 1.82) is 0 Å². The van der Waals surface area contributed by atoms with Gasteiger partial charge in [0.25, 0.3) is 6.43 Å². The maximum atomic E-state index is 13.9. The number of halogens is 3. The highest BCUT2D eigenvalue weighted by atomic mass is 19.3. The second-order valence-corrected chi connectivity index (χ2v) is 7.94. The molecule has 29 heavy (non-hydrogen) atoms. The van der Waals surface area contributed by atoms with E-state index in [4.69, 9.17) is 10.5 Å². The maximum absolute atomic E-state index is 13.9. The lowest BCUT2D eigenvalue weighted by Gasteiger charge is -2.27. The summed E-state index contributed by atoms with van der Waals surface area (Å²) in [4.78, 5) is 8.49. The molecule has 0 aliphatic rings. The number of ether oxygens (including phenoxy) is 1. The van der Waals surface area contributed by atoms with E-state index < -0.39 is 17.8 Å². The molecule has 154 valence electrons. The van der Waals surface area contributed by atoms with Gasteiger partial charge in [0, 0.05) is 28.9 Å². The van der Waals surface area contributed by atoms with Gasteiger partial charge in [-0.3, -0.25) is 9.97 Å². The lowest BCUT2D eigenvalue weighted by molar-refractivity contribution is 0.140. The Morgan fingerprint density at radius 2 is 1.83 bits per heavy atom. The summed E-state index contributed by atoms with van der Waals surface area (Å²) >= 11 is 0. The highest BCUT2D eigenvalue weighted by Gasteiger charge is 2.26. The van der Waals surface area contributed by atoms with Crippen LogP contribution in [0.4, 0.5) is 13.2 Å². The monoisotopic (exact) mass is 403 g/mol. The van der Waals surface area contributed by atoms with Gasteiger partial charge >= 0.3 is 0 Å². The first-order chi connectivity index (χ1) is 13.7. The molecule has 0 spiro atoms. The first-order valence-corrected chi connectivity index (χ1v) is 9.41. The van der Waals surface area contributed by atoms with Gasteiger partial charge in [0.2, 0.25) is 0 Å². The molecule has 0 fully saturated rings.